The van der Waals surface area contributed by atoms with E-state index in [1.165, 1.54) is 11.1 Å². The van der Waals surface area contributed by atoms with Crippen molar-refractivity contribution in [2.45, 2.75) is 25.4 Å². The molecule has 5 nitrogen and oxygen atoms in total. The molecule has 0 amide bonds. The highest BCUT2D eigenvalue weighted by atomic mass is 16.5. The minimum Gasteiger partial charge on any atom is -0.457 e. The average molecular weight is 610 g/mol. The maximum Gasteiger partial charge on any atom is 0.169 e. The van der Waals surface area contributed by atoms with E-state index in [1.54, 1.807) is 0 Å². The largest absolute Gasteiger partial charge is 0.457 e. The lowest BCUT2D eigenvalue weighted by molar-refractivity contribution is 0.418. The first-order valence-electron chi connectivity index (χ1n) is 15.9. The standard InChI is InChI=1S/C42H31N3O2/c1-42(2)33-18-9-10-19-35(33)46-37-24-28(21-23-34(37)42)30-16-11-17-32-31-22-20-29(25-36(31)47-38(30)32)41-44-39(26-12-5-3-6-13-26)43-40(45-41)27-14-7-4-8-15-27/h3-25,41H,1-2H3,(H,43,44,45). The number of amidine groups is 2. The van der Waals surface area contributed by atoms with Crippen LogP contribution in [-0.2, 0) is 5.41 Å². The molecule has 0 aliphatic carbocycles. The molecule has 226 valence electrons. The molecule has 0 saturated carbocycles. The molecule has 3 heterocycles. The van der Waals surface area contributed by atoms with E-state index in [0.29, 0.717) is 0 Å². The number of rotatable bonds is 4. The zero-order chi connectivity index (χ0) is 31.5. The molecule has 9 rings (SSSR count). The van der Waals surface area contributed by atoms with Crippen LogP contribution in [0.1, 0.15) is 47.8 Å². The normalized spacial score (nSPS) is 15.3. The van der Waals surface area contributed by atoms with Crippen LogP contribution >= 0.6 is 0 Å². The summed E-state index contributed by atoms with van der Waals surface area (Å²) >= 11 is 0. The molecule has 0 unspecified atom stereocenters. The number of benzene rings is 6. The highest BCUT2D eigenvalue weighted by molar-refractivity contribution is 6.16. The predicted molar refractivity (Wildman–Crippen MR) is 190 cm³/mol. The van der Waals surface area contributed by atoms with Gasteiger partial charge in [-0.05, 0) is 23.8 Å². The van der Waals surface area contributed by atoms with Gasteiger partial charge >= 0.3 is 0 Å². The molecule has 7 aromatic rings. The van der Waals surface area contributed by atoms with Gasteiger partial charge in [0.05, 0.1) is 0 Å². The van der Waals surface area contributed by atoms with Gasteiger partial charge in [0.1, 0.15) is 34.3 Å². The van der Waals surface area contributed by atoms with Crippen molar-refractivity contribution in [3.8, 4) is 22.6 Å². The Morgan fingerprint density at radius 1 is 0.574 bits per heavy atom. The summed E-state index contributed by atoms with van der Waals surface area (Å²) in [5.74, 6) is 3.37. The molecule has 1 N–H and O–H groups in total. The molecule has 0 bridgehead atoms. The van der Waals surface area contributed by atoms with E-state index < -0.39 is 6.17 Å². The summed E-state index contributed by atoms with van der Waals surface area (Å²) < 4.78 is 13.1. The van der Waals surface area contributed by atoms with E-state index in [2.05, 4.69) is 110 Å². The Hall–Kier alpha value is -5.94. The first-order chi connectivity index (χ1) is 23.0. The summed E-state index contributed by atoms with van der Waals surface area (Å²) in [4.78, 5) is 10.1. The van der Waals surface area contributed by atoms with Crippen LogP contribution in [0.2, 0.25) is 0 Å². The van der Waals surface area contributed by atoms with Gasteiger partial charge < -0.3 is 14.5 Å². The van der Waals surface area contributed by atoms with Gasteiger partial charge in [-0.25, -0.2) is 9.98 Å². The van der Waals surface area contributed by atoms with Crippen LogP contribution in [0.3, 0.4) is 0 Å². The Morgan fingerprint density at radius 3 is 2.00 bits per heavy atom. The second-order valence-corrected chi connectivity index (χ2v) is 12.7. The van der Waals surface area contributed by atoms with Gasteiger partial charge in [-0.1, -0.05) is 135 Å². The second kappa shape index (κ2) is 10.6. The van der Waals surface area contributed by atoms with E-state index in [0.717, 1.165) is 72.9 Å². The van der Waals surface area contributed by atoms with Gasteiger partial charge in [0.2, 0.25) is 0 Å². The van der Waals surface area contributed by atoms with Crippen molar-refractivity contribution in [2.24, 2.45) is 9.98 Å². The van der Waals surface area contributed by atoms with Crippen LogP contribution < -0.4 is 10.1 Å². The summed E-state index contributed by atoms with van der Waals surface area (Å²) in [6, 6.07) is 47.9. The summed E-state index contributed by atoms with van der Waals surface area (Å²) in [6.07, 6.45) is -0.428. The molecule has 6 aromatic carbocycles. The molecule has 0 saturated heterocycles. The molecule has 2 aliphatic heterocycles. The van der Waals surface area contributed by atoms with Gasteiger partial charge in [-0.15, -0.1) is 0 Å². The minimum atomic E-state index is -0.428. The highest BCUT2D eigenvalue weighted by Crippen LogP contribution is 2.49. The highest BCUT2D eigenvalue weighted by Gasteiger charge is 2.34. The number of nitrogens with one attached hydrogen (secondary N) is 1. The first-order valence-corrected chi connectivity index (χ1v) is 15.9. The Balaban J connectivity index is 1.13. The molecule has 47 heavy (non-hydrogen) atoms. The lowest BCUT2D eigenvalue weighted by Crippen LogP contribution is -2.35. The van der Waals surface area contributed by atoms with E-state index in [4.69, 9.17) is 19.1 Å². The molecule has 1 aromatic heterocycles. The van der Waals surface area contributed by atoms with Crippen LogP contribution in [0.5, 0.6) is 11.5 Å². The third kappa shape index (κ3) is 4.54. The summed E-state index contributed by atoms with van der Waals surface area (Å²) in [5.41, 5.74) is 8.93. The smallest absolute Gasteiger partial charge is 0.169 e. The molecular formula is C42H31N3O2. The zero-order valence-electron chi connectivity index (χ0n) is 26.1. The van der Waals surface area contributed by atoms with Gasteiger partial charge in [-0.2, -0.15) is 0 Å². The summed E-state index contributed by atoms with van der Waals surface area (Å²) in [6.45, 7) is 4.51. The zero-order valence-corrected chi connectivity index (χ0v) is 26.1. The SMILES string of the molecule is CC1(C)c2ccccc2Oc2cc(-c3cccc4c3oc3cc(C5N=C(c6ccccc6)NC(c6ccccc6)=N5)ccc34)ccc21. The fourth-order valence-corrected chi connectivity index (χ4v) is 6.91. The Kier molecular flexibility index (Phi) is 6.15. The van der Waals surface area contributed by atoms with E-state index in [1.807, 2.05) is 48.5 Å². The lowest BCUT2D eigenvalue weighted by Gasteiger charge is -2.34. The number of furan rings is 1. The summed E-state index contributed by atoms with van der Waals surface area (Å²) in [7, 11) is 0. The number of nitrogens with zero attached hydrogens (tertiary/aromatic N) is 2. The molecule has 0 radical (unpaired) electrons. The van der Waals surface area contributed by atoms with Crippen molar-refractivity contribution < 1.29 is 9.15 Å². The molecule has 0 spiro atoms. The van der Waals surface area contributed by atoms with Gasteiger partial charge in [0.25, 0.3) is 0 Å². The third-order valence-corrected chi connectivity index (χ3v) is 9.40. The molecule has 0 atom stereocenters. The van der Waals surface area contributed by atoms with E-state index in [-0.39, 0.29) is 5.41 Å². The fourth-order valence-electron chi connectivity index (χ4n) is 6.91. The number of para-hydroxylation sites is 2. The monoisotopic (exact) mass is 609 g/mol. The maximum atomic E-state index is 6.68. The maximum absolute atomic E-state index is 6.68. The number of hydrogen-bond acceptors (Lipinski definition) is 5. The van der Waals surface area contributed by atoms with Crippen molar-refractivity contribution in [3.63, 3.8) is 0 Å². The van der Waals surface area contributed by atoms with Crippen molar-refractivity contribution in [3.05, 3.63) is 167 Å². The predicted octanol–water partition coefficient (Wildman–Crippen LogP) is 10.2. The summed E-state index contributed by atoms with van der Waals surface area (Å²) in [5, 5.41) is 5.60. The Labute approximate surface area is 272 Å². The molecule has 5 heteroatoms. The lowest BCUT2D eigenvalue weighted by atomic mass is 9.75. The van der Waals surface area contributed by atoms with Crippen LogP contribution in [0.15, 0.2) is 154 Å². The Morgan fingerprint density at radius 2 is 1.26 bits per heavy atom. The number of ether oxygens (including phenoxy) is 1. The average Bonchev–Trinajstić information content (AvgIpc) is 3.50. The van der Waals surface area contributed by atoms with Crippen LogP contribution in [0, 0.1) is 0 Å². The molecular weight excluding hydrogens is 578 g/mol. The van der Waals surface area contributed by atoms with Crippen LogP contribution in [0.25, 0.3) is 33.1 Å². The number of hydrogen-bond donors (Lipinski definition) is 1. The van der Waals surface area contributed by atoms with E-state index in [9.17, 15) is 0 Å². The molecule has 2 aliphatic rings. The van der Waals surface area contributed by atoms with E-state index >= 15 is 0 Å². The van der Waals surface area contributed by atoms with Crippen molar-refractivity contribution in [2.75, 3.05) is 0 Å². The Bertz CT molecular complexity index is 2330. The van der Waals surface area contributed by atoms with Gasteiger partial charge in [0, 0.05) is 49.6 Å². The first kappa shape index (κ1) is 27.4. The quantitative estimate of drug-likeness (QED) is 0.216. The second-order valence-electron chi connectivity index (χ2n) is 12.7. The van der Waals surface area contributed by atoms with Crippen molar-refractivity contribution in [1.29, 1.82) is 0 Å². The van der Waals surface area contributed by atoms with Gasteiger partial charge in [0.15, 0.2) is 6.17 Å². The van der Waals surface area contributed by atoms with Crippen molar-refractivity contribution >= 4 is 33.6 Å². The minimum absolute atomic E-state index is 0.162. The van der Waals surface area contributed by atoms with Crippen molar-refractivity contribution in [1.82, 2.24) is 5.32 Å². The number of aliphatic imine (C=N–C) groups is 2. The third-order valence-electron chi connectivity index (χ3n) is 9.40. The molecule has 0 fully saturated rings. The van der Waals surface area contributed by atoms with Crippen LogP contribution in [-0.4, -0.2) is 11.7 Å². The number of fused-ring (bicyclic) bond motifs is 5. The van der Waals surface area contributed by atoms with Crippen LogP contribution in [0.4, 0.5) is 0 Å². The fraction of sp³-hybridized carbons (Fsp3) is 0.0952. The van der Waals surface area contributed by atoms with Gasteiger partial charge in [-0.3, -0.25) is 0 Å². The topological polar surface area (TPSA) is 59.1 Å².